The summed E-state index contributed by atoms with van der Waals surface area (Å²) in [6.07, 6.45) is 1.24. The van der Waals surface area contributed by atoms with Crippen molar-refractivity contribution in [1.82, 2.24) is 9.88 Å². The molecule has 1 aromatic heterocycles. The van der Waals surface area contributed by atoms with Gasteiger partial charge in [0.25, 0.3) is 0 Å². The maximum Gasteiger partial charge on any atom is 0.354 e. The van der Waals surface area contributed by atoms with E-state index < -0.39 is 27.9 Å². The van der Waals surface area contributed by atoms with Gasteiger partial charge in [-0.3, -0.25) is 0 Å². The highest BCUT2D eigenvalue weighted by Gasteiger charge is 2.31. The number of rotatable bonds is 2. The number of carbonyl (C=O) groups is 2. The minimum absolute atomic E-state index is 0.0546. The molecule has 8 nitrogen and oxygen atoms in total. The summed E-state index contributed by atoms with van der Waals surface area (Å²) in [5, 5.41) is 11.3. The fraction of sp³-hybridized carbons (Fsp3) is 0.417. The van der Waals surface area contributed by atoms with E-state index in [0.29, 0.717) is 5.69 Å². The first-order valence-corrected chi connectivity index (χ1v) is 8.08. The highest BCUT2D eigenvalue weighted by atomic mass is 32.2. The Morgan fingerprint density at radius 1 is 1.43 bits per heavy atom. The summed E-state index contributed by atoms with van der Waals surface area (Å²) in [6, 6.07) is 1.87. The van der Waals surface area contributed by atoms with E-state index in [4.69, 9.17) is 5.11 Å². The van der Waals surface area contributed by atoms with E-state index in [2.05, 4.69) is 10.3 Å². The standard InChI is InChI=1S/C12H15N3O5S/c1-8-7-21(19,20)5-4-15(8)12(18)14-9-2-3-10(11(16)17)13-6-9/h2-3,6,8H,4-5,7H2,1H3,(H,14,18)(H,16,17). The van der Waals surface area contributed by atoms with E-state index in [1.54, 1.807) is 6.92 Å². The third kappa shape index (κ3) is 3.69. The lowest BCUT2D eigenvalue weighted by Crippen LogP contribution is -2.51. The molecule has 114 valence electrons. The second kappa shape index (κ2) is 5.68. The molecule has 0 aromatic carbocycles. The molecule has 2 N–H and O–H groups in total. The molecule has 2 amide bonds. The quantitative estimate of drug-likeness (QED) is 0.818. The summed E-state index contributed by atoms with van der Waals surface area (Å²) >= 11 is 0. The summed E-state index contributed by atoms with van der Waals surface area (Å²) in [5.41, 5.74) is 0.232. The molecule has 1 aromatic rings. The second-order valence-electron chi connectivity index (χ2n) is 4.82. The average molecular weight is 313 g/mol. The third-order valence-corrected chi connectivity index (χ3v) is 4.96. The summed E-state index contributed by atoms with van der Waals surface area (Å²) in [5.74, 6) is -1.26. The first-order valence-electron chi connectivity index (χ1n) is 6.26. The van der Waals surface area contributed by atoms with Crippen molar-refractivity contribution in [2.45, 2.75) is 13.0 Å². The molecule has 21 heavy (non-hydrogen) atoms. The molecule has 0 bridgehead atoms. The predicted molar refractivity (Wildman–Crippen MR) is 75.0 cm³/mol. The second-order valence-corrected chi connectivity index (χ2v) is 7.05. The Morgan fingerprint density at radius 3 is 2.67 bits per heavy atom. The van der Waals surface area contributed by atoms with Gasteiger partial charge in [0.05, 0.1) is 23.4 Å². The van der Waals surface area contributed by atoms with Crippen molar-refractivity contribution in [1.29, 1.82) is 0 Å². The number of nitrogens with one attached hydrogen (secondary N) is 1. The van der Waals surface area contributed by atoms with Crippen LogP contribution >= 0.6 is 0 Å². The number of nitrogens with zero attached hydrogens (tertiary/aromatic N) is 2. The number of aromatic nitrogens is 1. The lowest BCUT2D eigenvalue weighted by molar-refractivity contribution is 0.0690. The number of aromatic carboxylic acids is 1. The number of hydrogen-bond acceptors (Lipinski definition) is 5. The molecular weight excluding hydrogens is 298 g/mol. The van der Waals surface area contributed by atoms with Crippen molar-refractivity contribution < 1.29 is 23.1 Å². The molecule has 0 aliphatic carbocycles. The maximum atomic E-state index is 12.1. The summed E-state index contributed by atoms with van der Waals surface area (Å²) in [7, 11) is -3.09. The summed E-state index contributed by atoms with van der Waals surface area (Å²) in [4.78, 5) is 27.9. The molecule has 1 atom stereocenters. The highest BCUT2D eigenvalue weighted by Crippen LogP contribution is 2.14. The number of urea groups is 1. The van der Waals surface area contributed by atoms with E-state index in [1.165, 1.54) is 23.2 Å². The number of pyridine rings is 1. The first kappa shape index (κ1) is 15.2. The molecule has 1 aliphatic heterocycles. The van der Waals surface area contributed by atoms with E-state index in [-0.39, 0.29) is 23.7 Å². The van der Waals surface area contributed by atoms with Crippen molar-refractivity contribution in [2.24, 2.45) is 0 Å². The van der Waals surface area contributed by atoms with Gasteiger partial charge in [-0.1, -0.05) is 0 Å². The smallest absolute Gasteiger partial charge is 0.354 e. The Labute approximate surface area is 121 Å². The molecule has 1 aliphatic rings. The van der Waals surface area contributed by atoms with Crippen molar-refractivity contribution in [3.8, 4) is 0 Å². The topological polar surface area (TPSA) is 117 Å². The fourth-order valence-electron chi connectivity index (χ4n) is 2.09. The van der Waals surface area contributed by atoms with Gasteiger partial charge in [-0.15, -0.1) is 0 Å². The molecule has 0 saturated carbocycles. The Kier molecular flexibility index (Phi) is 4.12. The minimum atomic E-state index is -3.09. The van der Waals surface area contributed by atoms with Gasteiger partial charge >= 0.3 is 12.0 Å². The molecule has 2 rings (SSSR count). The minimum Gasteiger partial charge on any atom is -0.477 e. The highest BCUT2D eigenvalue weighted by molar-refractivity contribution is 7.91. The lowest BCUT2D eigenvalue weighted by atomic mass is 10.3. The van der Waals surface area contributed by atoms with Crippen molar-refractivity contribution in [3.05, 3.63) is 24.0 Å². The number of anilines is 1. The normalized spacial score (nSPS) is 20.8. The third-order valence-electron chi connectivity index (χ3n) is 3.17. The zero-order chi connectivity index (χ0) is 15.6. The molecule has 1 fully saturated rings. The van der Waals surface area contributed by atoms with E-state index in [9.17, 15) is 18.0 Å². The molecule has 1 saturated heterocycles. The summed E-state index contributed by atoms with van der Waals surface area (Å²) in [6.45, 7) is 1.80. The van der Waals surface area contributed by atoms with Gasteiger partial charge in [0, 0.05) is 12.6 Å². The maximum absolute atomic E-state index is 12.1. The van der Waals surface area contributed by atoms with Crippen LogP contribution in [-0.2, 0) is 9.84 Å². The molecule has 1 unspecified atom stereocenters. The Hall–Kier alpha value is -2.16. The van der Waals surface area contributed by atoms with Crippen molar-refractivity contribution >= 4 is 27.5 Å². The number of carbonyl (C=O) groups excluding carboxylic acids is 1. The zero-order valence-corrected chi connectivity index (χ0v) is 12.1. The SMILES string of the molecule is CC1CS(=O)(=O)CCN1C(=O)Nc1ccc(C(=O)O)nc1. The monoisotopic (exact) mass is 313 g/mol. The molecule has 9 heteroatoms. The van der Waals surface area contributed by atoms with Crippen molar-refractivity contribution in [2.75, 3.05) is 23.4 Å². The van der Waals surface area contributed by atoms with Crippen LogP contribution in [0.25, 0.3) is 0 Å². The Morgan fingerprint density at radius 2 is 2.14 bits per heavy atom. The van der Waals surface area contributed by atoms with Crippen LogP contribution in [0, 0.1) is 0 Å². The van der Waals surface area contributed by atoms with Crippen LogP contribution < -0.4 is 5.32 Å². The molecule has 0 spiro atoms. The van der Waals surface area contributed by atoms with Crippen LogP contribution in [0.5, 0.6) is 0 Å². The van der Waals surface area contributed by atoms with Crippen LogP contribution in [0.2, 0.25) is 0 Å². The number of carboxylic acids is 1. The largest absolute Gasteiger partial charge is 0.477 e. The van der Waals surface area contributed by atoms with Gasteiger partial charge in [-0.05, 0) is 19.1 Å². The molecule has 2 heterocycles. The Bertz CT molecular complexity index is 656. The number of hydrogen-bond donors (Lipinski definition) is 2. The number of carboxylic acid groups (broad SMARTS) is 1. The van der Waals surface area contributed by atoms with Gasteiger partial charge in [0.15, 0.2) is 9.84 Å². The van der Waals surface area contributed by atoms with Crippen molar-refractivity contribution in [3.63, 3.8) is 0 Å². The Balaban J connectivity index is 2.03. The van der Waals surface area contributed by atoms with Crippen LogP contribution in [-0.4, -0.2) is 59.5 Å². The van der Waals surface area contributed by atoms with E-state index in [1.807, 2.05) is 0 Å². The van der Waals surface area contributed by atoms with E-state index >= 15 is 0 Å². The fourth-order valence-corrected chi connectivity index (χ4v) is 3.65. The van der Waals surface area contributed by atoms with Crippen LogP contribution in [0.1, 0.15) is 17.4 Å². The van der Waals surface area contributed by atoms with Crippen LogP contribution in [0.15, 0.2) is 18.3 Å². The average Bonchev–Trinajstić information content (AvgIpc) is 2.37. The van der Waals surface area contributed by atoms with Gasteiger partial charge in [-0.2, -0.15) is 0 Å². The predicted octanol–water partition coefficient (Wildman–Crippen LogP) is 0.431. The van der Waals surface area contributed by atoms with Gasteiger partial charge in [0.2, 0.25) is 0 Å². The zero-order valence-electron chi connectivity index (χ0n) is 11.3. The van der Waals surface area contributed by atoms with Gasteiger partial charge in [0.1, 0.15) is 5.69 Å². The van der Waals surface area contributed by atoms with Gasteiger partial charge in [-0.25, -0.2) is 23.0 Å². The van der Waals surface area contributed by atoms with Crippen LogP contribution in [0.4, 0.5) is 10.5 Å². The molecular formula is C12H15N3O5S. The summed E-state index contributed by atoms with van der Waals surface area (Å²) < 4.78 is 22.9. The lowest BCUT2D eigenvalue weighted by Gasteiger charge is -2.33. The van der Waals surface area contributed by atoms with Crippen LogP contribution in [0.3, 0.4) is 0 Å². The van der Waals surface area contributed by atoms with Gasteiger partial charge < -0.3 is 15.3 Å². The number of amides is 2. The first-order chi connectivity index (χ1) is 9.78. The molecule has 0 radical (unpaired) electrons. The van der Waals surface area contributed by atoms with E-state index in [0.717, 1.165) is 0 Å². The number of sulfone groups is 1.